The second-order valence-corrected chi connectivity index (χ2v) is 2.80. The molecular formula is C5H4S2. The first-order valence-corrected chi connectivity index (χ1v) is 3.91. The molecule has 0 nitrogen and oxygen atoms in total. The van der Waals surface area contributed by atoms with Crippen LogP contribution in [0.4, 0.5) is 0 Å². The molecule has 0 bridgehead atoms. The van der Waals surface area contributed by atoms with Crippen LogP contribution in [0.15, 0.2) is 0 Å². The van der Waals surface area contributed by atoms with Crippen molar-refractivity contribution in [1.29, 1.82) is 0 Å². The predicted molar refractivity (Wildman–Crippen MR) is 37.7 cm³/mol. The average molecular weight is 128 g/mol. The highest BCUT2D eigenvalue weighted by Crippen LogP contribution is 2.17. The van der Waals surface area contributed by atoms with Gasteiger partial charge in [-0.2, -0.15) is 0 Å². The molecule has 36 valence electrons. The van der Waals surface area contributed by atoms with Crippen LogP contribution in [0.1, 0.15) is 0 Å². The largest absolute Gasteiger partial charge is 0.119 e. The van der Waals surface area contributed by atoms with Crippen LogP contribution < -0.4 is 0 Å². The van der Waals surface area contributed by atoms with E-state index in [9.17, 15) is 0 Å². The molecule has 0 aromatic rings. The Morgan fingerprint density at radius 3 is 2.57 bits per heavy atom. The van der Waals surface area contributed by atoms with Crippen LogP contribution in [0.25, 0.3) is 0 Å². The first kappa shape index (κ1) is 6.82. The van der Waals surface area contributed by atoms with Crippen molar-refractivity contribution in [3.05, 3.63) is 0 Å². The monoisotopic (exact) mass is 128 g/mol. The summed E-state index contributed by atoms with van der Waals surface area (Å²) in [5.74, 6) is 3.14. The zero-order valence-electron chi connectivity index (χ0n) is 3.68. The fourth-order valence-electron chi connectivity index (χ4n) is 0.0975. The van der Waals surface area contributed by atoms with Gasteiger partial charge in [-0.15, -0.1) is 12.8 Å². The third-order valence-electron chi connectivity index (χ3n) is 0.249. The van der Waals surface area contributed by atoms with Gasteiger partial charge in [0, 0.05) is 0 Å². The molecule has 7 heavy (non-hydrogen) atoms. The minimum atomic E-state index is 0.689. The zero-order chi connectivity index (χ0) is 5.54. The van der Waals surface area contributed by atoms with E-state index < -0.39 is 0 Å². The number of hydrogen-bond donors (Lipinski definition) is 0. The Balaban J connectivity index is 2.77. The molecule has 0 spiro atoms. The van der Waals surface area contributed by atoms with E-state index in [2.05, 4.69) is 11.2 Å². The summed E-state index contributed by atoms with van der Waals surface area (Å²) in [6.45, 7) is 0. The average Bonchev–Trinajstić information content (AvgIpc) is 1.69. The van der Waals surface area contributed by atoms with E-state index in [0.717, 1.165) is 0 Å². The minimum Gasteiger partial charge on any atom is -0.119 e. The lowest BCUT2D eigenvalue weighted by Gasteiger charge is -1.79. The Kier molecular flexibility index (Phi) is 5.67. The molecular weight excluding hydrogens is 124 g/mol. The van der Waals surface area contributed by atoms with Gasteiger partial charge in [0.1, 0.15) is 0 Å². The molecule has 0 saturated heterocycles. The lowest BCUT2D eigenvalue weighted by molar-refractivity contribution is 1.99. The molecule has 0 aliphatic heterocycles. The van der Waals surface area contributed by atoms with Gasteiger partial charge in [-0.25, -0.2) is 0 Å². The molecule has 0 rings (SSSR count). The van der Waals surface area contributed by atoms with Gasteiger partial charge in [0.2, 0.25) is 0 Å². The highest BCUT2D eigenvalue weighted by atomic mass is 33.1. The molecule has 0 fully saturated rings. The second kappa shape index (κ2) is 5.82. The summed E-state index contributed by atoms with van der Waals surface area (Å²) in [5, 5.41) is 2.39. The number of rotatable bonds is 2. The van der Waals surface area contributed by atoms with E-state index in [4.69, 9.17) is 12.8 Å². The Labute approximate surface area is 51.8 Å². The van der Waals surface area contributed by atoms with Crippen molar-refractivity contribution in [2.75, 3.05) is 5.75 Å². The van der Waals surface area contributed by atoms with E-state index >= 15 is 0 Å². The second-order valence-electron chi connectivity index (χ2n) is 0.667. The summed E-state index contributed by atoms with van der Waals surface area (Å²) in [5.41, 5.74) is 0. The molecule has 2 heteroatoms. The minimum absolute atomic E-state index is 0.689. The fraction of sp³-hybridized carbons (Fsp3) is 0.200. The quantitative estimate of drug-likeness (QED) is 0.315. The van der Waals surface area contributed by atoms with Crippen molar-refractivity contribution >= 4 is 21.6 Å². The van der Waals surface area contributed by atoms with Gasteiger partial charge in [0.25, 0.3) is 0 Å². The molecule has 0 aromatic heterocycles. The van der Waals surface area contributed by atoms with Crippen LogP contribution in [-0.4, -0.2) is 5.75 Å². The third kappa shape index (κ3) is 5.82. The third-order valence-corrected chi connectivity index (χ3v) is 1.74. The summed E-state index contributed by atoms with van der Waals surface area (Å²) in [4.78, 5) is 0. The predicted octanol–water partition coefficient (Wildman–Crippen LogP) is 1.59. The van der Waals surface area contributed by atoms with E-state index in [0.29, 0.717) is 5.75 Å². The molecule has 0 unspecified atom stereocenters. The maximum atomic E-state index is 4.92. The van der Waals surface area contributed by atoms with Gasteiger partial charge in [-0.3, -0.25) is 0 Å². The van der Waals surface area contributed by atoms with Gasteiger partial charge in [-0.1, -0.05) is 16.7 Å². The molecule has 0 aliphatic carbocycles. The first-order chi connectivity index (χ1) is 3.41. The summed E-state index contributed by atoms with van der Waals surface area (Å²) >= 11 is 0. The lowest BCUT2D eigenvalue weighted by Crippen LogP contribution is -1.58. The van der Waals surface area contributed by atoms with E-state index in [1.54, 1.807) is 0 Å². The summed E-state index contributed by atoms with van der Waals surface area (Å²) in [7, 11) is 2.83. The Hall–Kier alpha value is -0.180. The molecule has 0 N–H and O–H groups in total. The zero-order valence-corrected chi connectivity index (χ0v) is 5.31. The summed E-state index contributed by atoms with van der Waals surface area (Å²) in [6.07, 6.45) is 9.81. The SMILES string of the molecule is C#CCSSC#C. The Bertz CT molecular complexity index is 90.2. The van der Waals surface area contributed by atoms with Crippen LogP contribution in [-0.2, 0) is 0 Å². The molecule has 0 heterocycles. The Morgan fingerprint density at radius 1 is 1.43 bits per heavy atom. The van der Waals surface area contributed by atoms with Crippen molar-refractivity contribution < 1.29 is 0 Å². The molecule has 0 radical (unpaired) electrons. The van der Waals surface area contributed by atoms with E-state index in [1.807, 2.05) is 0 Å². The van der Waals surface area contributed by atoms with Crippen LogP contribution >= 0.6 is 21.6 Å². The van der Waals surface area contributed by atoms with Gasteiger partial charge < -0.3 is 0 Å². The van der Waals surface area contributed by atoms with Gasteiger partial charge in [0.15, 0.2) is 0 Å². The summed E-state index contributed by atoms with van der Waals surface area (Å²) in [6, 6.07) is 0. The van der Waals surface area contributed by atoms with E-state index in [1.165, 1.54) is 21.6 Å². The van der Waals surface area contributed by atoms with Crippen molar-refractivity contribution in [1.82, 2.24) is 0 Å². The normalized spacial score (nSPS) is 6.57. The van der Waals surface area contributed by atoms with Gasteiger partial charge >= 0.3 is 0 Å². The molecule has 0 aromatic carbocycles. The standard InChI is InChI=1S/C5H4S2/c1-3-5-7-6-4-2/h1-2H,5H2. The number of hydrogen-bond acceptors (Lipinski definition) is 2. The lowest BCUT2D eigenvalue weighted by atomic mass is 10.8. The van der Waals surface area contributed by atoms with Crippen LogP contribution in [0.3, 0.4) is 0 Å². The Morgan fingerprint density at radius 2 is 2.14 bits per heavy atom. The summed E-state index contributed by atoms with van der Waals surface area (Å²) < 4.78 is 0. The smallest absolute Gasteiger partial charge is 0.0658 e. The maximum Gasteiger partial charge on any atom is 0.0658 e. The van der Waals surface area contributed by atoms with Crippen LogP contribution in [0.5, 0.6) is 0 Å². The molecule has 0 aliphatic rings. The number of terminal acetylenes is 2. The van der Waals surface area contributed by atoms with Crippen molar-refractivity contribution in [2.45, 2.75) is 0 Å². The highest BCUT2D eigenvalue weighted by Gasteiger charge is 1.75. The van der Waals surface area contributed by atoms with E-state index in [-0.39, 0.29) is 0 Å². The highest BCUT2D eigenvalue weighted by molar-refractivity contribution is 8.78. The molecule has 0 amide bonds. The van der Waals surface area contributed by atoms with Crippen LogP contribution in [0, 0.1) is 24.0 Å². The van der Waals surface area contributed by atoms with Crippen molar-refractivity contribution in [2.24, 2.45) is 0 Å². The van der Waals surface area contributed by atoms with Gasteiger partial charge in [0.05, 0.1) is 5.75 Å². The van der Waals surface area contributed by atoms with Crippen LogP contribution in [0.2, 0.25) is 0 Å². The van der Waals surface area contributed by atoms with Crippen molar-refractivity contribution in [3.63, 3.8) is 0 Å². The fourth-order valence-corrected chi connectivity index (χ4v) is 0.878. The topological polar surface area (TPSA) is 0 Å². The first-order valence-electron chi connectivity index (χ1n) is 1.59. The van der Waals surface area contributed by atoms with Gasteiger partial charge in [-0.05, 0) is 16.0 Å². The molecule has 0 saturated carbocycles. The van der Waals surface area contributed by atoms with Crippen molar-refractivity contribution in [3.8, 4) is 24.0 Å². The molecule has 0 atom stereocenters. The maximum absolute atomic E-state index is 4.92.